The van der Waals surface area contributed by atoms with Crippen molar-refractivity contribution in [3.63, 3.8) is 0 Å². The minimum Gasteiger partial charge on any atom is -0.380 e. The van der Waals surface area contributed by atoms with Crippen molar-refractivity contribution in [2.24, 2.45) is 5.92 Å². The van der Waals surface area contributed by atoms with Crippen molar-refractivity contribution >= 4 is 11.8 Å². The standard InChI is InChI=1S/C14H26N2O3/c1-6-8-19-9-7-16-12(17)11(10(2)3)15-13(18)14(16,4)5/h10-11H,6-9H2,1-5H3,(H,15,18). The second kappa shape index (κ2) is 6.37. The summed E-state index contributed by atoms with van der Waals surface area (Å²) in [6.07, 6.45) is 0.951. The summed E-state index contributed by atoms with van der Waals surface area (Å²) in [6.45, 7) is 11.1. The topological polar surface area (TPSA) is 58.6 Å². The number of carbonyl (C=O) groups is 2. The minimum atomic E-state index is -0.807. The molecule has 0 radical (unpaired) electrons. The summed E-state index contributed by atoms with van der Waals surface area (Å²) >= 11 is 0. The van der Waals surface area contributed by atoms with Gasteiger partial charge in [-0.15, -0.1) is 0 Å². The minimum absolute atomic E-state index is 0.0142. The van der Waals surface area contributed by atoms with Crippen LogP contribution in [0.3, 0.4) is 0 Å². The van der Waals surface area contributed by atoms with Gasteiger partial charge in [0.05, 0.1) is 6.61 Å². The molecule has 5 heteroatoms. The number of hydrogen-bond donors (Lipinski definition) is 1. The maximum Gasteiger partial charge on any atom is 0.246 e. The smallest absolute Gasteiger partial charge is 0.246 e. The van der Waals surface area contributed by atoms with Crippen molar-refractivity contribution in [3.8, 4) is 0 Å². The first-order valence-corrected chi connectivity index (χ1v) is 7.02. The van der Waals surface area contributed by atoms with E-state index in [4.69, 9.17) is 4.74 Å². The number of nitrogens with one attached hydrogen (secondary N) is 1. The Balaban J connectivity index is 2.76. The summed E-state index contributed by atoms with van der Waals surface area (Å²) in [6, 6.07) is -0.424. The van der Waals surface area contributed by atoms with Gasteiger partial charge in [-0.3, -0.25) is 9.59 Å². The Bertz CT molecular complexity index is 340. The number of piperazine rings is 1. The van der Waals surface area contributed by atoms with Crippen molar-refractivity contribution in [1.29, 1.82) is 0 Å². The van der Waals surface area contributed by atoms with Gasteiger partial charge in [0.1, 0.15) is 11.6 Å². The summed E-state index contributed by atoms with van der Waals surface area (Å²) in [5, 5.41) is 2.82. The van der Waals surface area contributed by atoms with Crippen molar-refractivity contribution in [2.75, 3.05) is 19.8 Å². The lowest BCUT2D eigenvalue weighted by atomic mass is 9.91. The first-order valence-electron chi connectivity index (χ1n) is 7.02. The predicted molar refractivity (Wildman–Crippen MR) is 73.7 cm³/mol. The molecule has 2 amide bonds. The van der Waals surface area contributed by atoms with E-state index in [1.54, 1.807) is 18.7 Å². The average molecular weight is 270 g/mol. The molecule has 0 aromatic rings. The van der Waals surface area contributed by atoms with E-state index in [1.165, 1.54) is 0 Å². The van der Waals surface area contributed by atoms with E-state index in [0.717, 1.165) is 6.42 Å². The lowest BCUT2D eigenvalue weighted by Crippen LogP contribution is -2.69. The molecule has 1 rings (SSSR count). The molecule has 5 nitrogen and oxygen atoms in total. The van der Waals surface area contributed by atoms with E-state index in [0.29, 0.717) is 19.8 Å². The van der Waals surface area contributed by atoms with Crippen LogP contribution >= 0.6 is 0 Å². The molecule has 0 bridgehead atoms. The summed E-state index contributed by atoms with van der Waals surface area (Å²) in [4.78, 5) is 26.2. The Hall–Kier alpha value is -1.10. The number of rotatable bonds is 6. The molecule has 0 aromatic carbocycles. The van der Waals surface area contributed by atoms with E-state index >= 15 is 0 Å². The first kappa shape index (κ1) is 16.0. The van der Waals surface area contributed by atoms with Crippen LogP contribution in [0.4, 0.5) is 0 Å². The molecule has 0 aromatic heterocycles. The van der Waals surface area contributed by atoms with Gasteiger partial charge in [-0.25, -0.2) is 0 Å². The third-order valence-corrected chi connectivity index (χ3v) is 3.52. The van der Waals surface area contributed by atoms with Gasteiger partial charge in [-0.05, 0) is 26.2 Å². The van der Waals surface area contributed by atoms with E-state index in [9.17, 15) is 9.59 Å². The SMILES string of the molecule is CCCOCCN1C(=O)C(C(C)C)NC(=O)C1(C)C. The highest BCUT2D eigenvalue weighted by Crippen LogP contribution is 2.23. The maximum atomic E-state index is 12.4. The molecule has 1 saturated heterocycles. The number of ether oxygens (including phenoxy) is 1. The molecule has 1 aliphatic rings. The van der Waals surface area contributed by atoms with Gasteiger partial charge in [-0.2, -0.15) is 0 Å². The number of nitrogens with zero attached hydrogens (tertiary/aromatic N) is 1. The fourth-order valence-electron chi connectivity index (χ4n) is 2.19. The first-order chi connectivity index (χ1) is 8.82. The van der Waals surface area contributed by atoms with Crippen LogP contribution in [0, 0.1) is 5.92 Å². The van der Waals surface area contributed by atoms with Crippen molar-refractivity contribution in [2.45, 2.75) is 52.6 Å². The monoisotopic (exact) mass is 270 g/mol. The third-order valence-electron chi connectivity index (χ3n) is 3.52. The van der Waals surface area contributed by atoms with Crippen LogP contribution < -0.4 is 5.32 Å². The Labute approximate surface area is 115 Å². The van der Waals surface area contributed by atoms with E-state index < -0.39 is 11.6 Å². The van der Waals surface area contributed by atoms with Gasteiger partial charge in [-0.1, -0.05) is 20.8 Å². The lowest BCUT2D eigenvalue weighted by Gasteiger charge is -2.45. The molecule has 1 atom stereocenters. The Morgan fingerprint density at radius 2 is 1.95 bits per heavy atom. The zero-order valence-corrected chi connectivity index (χ0v) is 12.7. The van der Waals surface area contributed by atoms with Crippen LogP contribution in [0.15, 0.2) is 0 Å². The second-order valence-corrected chi connectivity index (χ2v) is 5.86. The van der Waals surface area contributed by atoms with Gasteiger partial charge in [0.25, 0.3) is 0 Å². The zero-order valence-electron chi connectivity index (χ0n) is 12.7. The lowest BCUT2D eigenvalue weighted by molar-refractivity contribution is -0.157. The van der Waals surface area contributed by atoms with Crippen molar-refractivity contribution < 1.29 is 14.3 Å². The quantitative estimate of drug-likeness (QED) is 0.737. The third kappa shape index (κ3) is 3.47. The van der Waals surface area contributed by atoms with Gasteiger partial charge >= 0.3 is 0 Å². The largest absolute Gasteiger partial charge is 0.380 e. The van der Waals surface area contributed by atoms with Crippen LogP contribution in [-0.4, -0.2) is 48.1 Å². The fraction of sp³-hybridized carbons (Fsp3) is 0.857. The summed E-state index contributed by atoms with van der Waals surface area (Å²) in [7, 11) is 0. The highest BCUT2D eigenvalue weighted by atomic mass is 16.5. The fourth-order valence-corrected chi connectivity index (χ4v) is 2.19. The van der Waals surface area contributed by atoms with E-state index in [1.807, 2.05) is 20.8 Å². The molecule has 0 spiro atoms. The van der Waals surface area contributed by atoms with Crippen LogP contribution in [0.2, 0.25) is 0 Å². The molecule has 1 aliphatic heterocycles. The van der Waals surface area contributed by atoms with E-state index in [2.05, 4.69) is 5.32 Å². The maximum absolute atomic E-state index is 12.4. The highest BCUT2D eigenvalue weighted by molar-refractivity contribution is 5.99. The van der Waals surface area contributed by atoms with Crippen LogP contribution in [0.25, 0.3) is 0 Å². The van der Waals surface area contributed by atoms with Crippen LogP contribution in [0.5, 0.6) is 0 Å². The molecule has 1 N–H and O–H groups in total. The number of amides is 2. The molecule has 1 unspecified atom stereocenters. The van der Waals surface area contributed by atoms with Gasteiger partial charge in [0.15, 0.2) is 0 Å². The summed E-state index contributed by atoms with van der Waals surface area (Å²) in [5.41, 5.74) is -0.807. The second-order valence-electron chi connectivity index (χ2n) is 5.86. The molecule has 19 heavy (non-hydrogen) atoms. The Kier molecular flexibility index (Phi) is 5.35. The Morgan fingerprint density at radius 1 is 1.32 bits per heavy atom. The summed E-state index contributed by atoms with van der Waals surface area (Å²) < 4.78 is 5.43. The molecular weight excluding hydrogens is 244 g/mol. The van der Waals surface area contributed by atoms with Gasteiger partial charge in [0.2, 0.25) is 11.8 Å². The molecular formula is C14H26N2O3. The van der Waals surface area contributed by atoms with Crippen molar-refractivity contribution in [3.05, 3.63) is 0 Å². The van der Waals surface area contributed by atoms with E-state index in [-0.39, 0.29) is 17.7 Å². The van der Waals surface area contributed by atoms with Crippen LogP contribution in [0.1, 0.15) is 41.0 Å². The number of carbonyl (C=O) groups excluding carboxylic acids is 2. The predicted octanol–water partition coefficient (Wildman–Crippen LogP) is 1.17. The zero-order chi connectivity index (χ0) is 14.6. The molecule has 0 aliphatic carbocycles. The van der Waals surface area contributed by atoms with Crippen LogP contribution in [-0.2, 0) is 14.3 Å². The average Bonchev–Trinajstić information content (AvgIpc) is 2.32. The molecule has 0 saturated carbocycles. The molecule has 1 heterocycles. The number of hydrogen-bond acceptors (Lipinski definition) is 3. The van der Waals surface area contributed by atoms with Crippen molar-refractivity contribution in [1.82, 2.24) is 10.2 Å². The van der Waals surface area contributed by atoms with Gasteiger partial charge < -0.3 is 15.0 Å². The Morgan fingerprint density at radius 3 is 2.47 bits per heavy atom. The normalized spacial score (nSPS) is 22.8. The van der Waals surface area contributed by atoms with Gasteiger partial charge in [0, 0.05) is 13.2 Å². The highest BCUT2D eigenvalue weighted by Gasteiger charge is 2.46. The molecule has 1 fully saturated rings. The summed E-state index contributed by atoms with van der Waals surface area (Å²) in [5.74, 6) is -0.0207. The molecule has 110 valence electrons.